The molecule has 0 unspecified atom stereocenters. The molecule has 18 heavy (non-hydrogen) atoms. The van der Waals surface area contributed by atoms with Gasteiger partial charge in [-0.25, -0.2) is 0 Å². The fourth-order valence-corrected chi connectivity index (χ4v) is 1.98. The number of nitrogens with two attached hydrogens (primary N) is 1. The Kier molecular flexibility index (Phi) is 4.62. The minimum atomic E-state index is -0.178. The maximum absolute atomic E-state index is 6.36. The van der Waals surface area contributed by atoms with E-state index in [-0.39, 0.29) is 18.9 Å². The maximum atomic E-state index is 6.36. The van der Waals surface area contributed by atoms with Crippen LogP contribution in [-0.4, -0.2) is 4.98 Å². The molecule has 2 N–H and O–H groups in total. The van der Waals surface area contributed by atoms with Crippen LogP contribution >= 0.6 is 0 Å². The van der Waals surface area contributed by atoms with Crippen LogP contribution in [0.2, 0.25) is 0 Å². The predicted molar refractivity (Wildman–Crippen MR) is 77.4 cm³/mol. The summed E-state index contributed by atoms with van der Waals surface area (Å²) in [5, 5.41) is 0. The summed E-state index contributed by atoms with van der Waals surface area (Å²) >= 11 is 0. The summed E-state index contributed by atoms with van der Waals surface area (Å²) in [4.78, 5) is 4.42. The van der Waals surface area contributed by atoms with Gasteiger partial charge in [-0.1, -0.05) is 57.7 Å². The largest absolute Gasteiger partial charge is 0.323 e. The molecule has 2 aromatic rings. The van der Waals surface area contributed by atoms with Gasteiger partial charge in [-0.15, -0.1) is 0 Å². The molecule has 0 amide bonds. The molecule has 2 rings (SSSR count). The smallest absolute Gasteiger partial charge is 0.0478 e. The lowest BCUT2D eigenvalue weighted by Crippen LogP contribution is -2.33. The quantitative estimate of drug-likeness (QED) is 0.891. The topological polar surface area (TPSA) is 38.9 Å². The maximum Gasteiger partial charge on any atom is 0.0478 e. The zero-order valence-corrected chi connectivity index (χ0v) is 10.3. The van der Waals surface area contributed by atoms with E-state index in [2.05, 4.69) is 31.0 Å². The van der Waals surface area contributed by atoms with Crippen molar-refractivity contribution < 1.29 is 0 Å². The Morgan fingerprint density at radius 2 is 1.61 bits per heavy atom. The number of rotatable bonds is 3. The summed E-state index contributed by atoms with van der Waals surface area (Å²) in [6.07, 6.45) is 1.81. The summed E-state index contributed by atoms with van der Waals surface area (Å²) in [5.41, 5.74) is 8.35. The summed E-state index contributed by atoms with van der Waals surface area (Å²) in [5.74, 6) is 0. The van der Waals surface area contributed by atoms with Gasteiger partial charge in [-0.2, -0.15) is 0 Å². The molecule has 0 aliphatic rings. The van der Waals surface area contributed by atoms with E-state index in [1.807, 2.05) is 42.6 Å². The molecule has 0 aliphatic carbocycles. The van der Waals surface area contributed by atoms with Crippen LogP contribution in [0.25, 0.3) is 0 Å². The van der Waals surface area contributed by atoms with Crippen molar-refractivity contribution in [3.8, 4) is 0 Å². The first-order chi connectivity index (χ1) is 8.12. The fourth-order valence-electron chi connectivity index (χ4n) is 1.98. The fraction of sp³-hybridized carbons (Fsp3) is 0.312. The van der Waals surface area contributed by atoms with Crippen LogP contribution < -0.4 is 5.73 Å². The average Bonchev–Trinajstić information content (AvgIpc) is 2.40. The van der Waals surface area contributed by atoms with E-state index in [1.54, 1.807) is 0 Å². The van der Waals surface area contributed by atoms with E-state index in [0.29, 0.717) is 0 Å². The molecule has 1 atom stereocenters. The highest BCUT2D eigenvalue weighted by atomic mass is 14.8. The van der Waals surface area contributed by atoms with Crippen molar-refractivity contribution in [1.82, 2.24) is 4.98 Å². The second-order valence-electron chi connectivity index (χ2n) is 4.83. The van der Waals surface area contributed by atoms with Crippen LogP contribution in [0.3, 0.4) is 0 Å². The lowest BCUT2D eigenvalue weighted by Gasteiger charge is -2.31. The van der Waals surface area contributed by atoms with E-state index in [9.17, 15) is 0 Å². The third kappa shape index (κ3) is 2.77. The molecule has 2 nitrogen and oxygen atoms in total. The third-order valence-corrected chi connectivity index (χ3v) is 3.26. The molecule has 1 aromatic heterocycles. The van der Waals surface area contributed by atoms with E-state index >= 15 is 0 Å². The zero-order chi connectivity index (χ0) is 12.3. The summed E-state index contributed by atoms with van der Waals surface area (Å²) in [6, 6.07) is 16.1. The number of hydrogen-bond donors (Lipinski definition) is 1. The molecule has 1 aromatic carbocycles. The summed E-state index contributed by atoms with van der Waals surface area (Å²) in [6.45, 7) is 4.26. The Hall–Kier alpha value is -1.67. The molecule has 0 saturated heterocycles. The molecular weight excluding hydrogens is 220 g/mol. The number of aromatic nitrogens is 1. The van der Waals surface area contributed by atoms with Crippen LogP contribution in [0.15, 0.2) is 54.7 Å². The van der Waals surface area contributed by atoms with Gasteiger partial charge >= 0.3 is 0 Å². The third-order valence-electron chi connectivity index (χ3n) is 3.26. The standard InChI is InChI=1S/C15H18N2.CH4/c1-15(2,13-10-6-7-11-17-13)14(16)12-8-4-3-5-9-12;/h3-11,14H,16H2,1-2H3;1H4/t14-;/m0./s1. The second-order valence-corrected chi connectivity index (χ2v) is 4.83. The van der Waals surface area contributed by atoms with Crippen LogP contribution in [0.4, 0.5) is 0 Å². The molecule has 0 aliphatic heterocycles. The second kappa shape index (κ2) is 5.78. The number of nitrogens with zero attached hydrogens (tertiary/aromatic N) is 1. The highest BCUT2D eigenvalue weighted by Gasteiger charge is 2.30. The molecule has 0 fully saturated rings. The Bertz CT molecular complexity index is 463. The molecule has 0 spiro atoms. The van der Waals surface area contributed by atoms with Gasteiger partial charge < -0.3 is 5.73 Å². The Labute approximate surface area is 110 Å². The van der Waals surface area contributed by atoms with Gasteiger partial charge in [0.15, 0.2) is 0 Å². The van der Waals surface area contributed by atoms with Gasteiger partial charge in [-0.05, 0) is 17.7 Å². The SMILES string of the molecule is C.CC(C)(c1ccccn1)[C@@H](N)c1ccccc1. The monoisotopic (exact) mass is 242 g/mol. The van der Waals surface area contributed by atoms with Crippen LogP contribution in [0.1, 0.15) is 38.6 Å². The van der Waals surface area contributed by atoms with Crippen molar-refractivity contribution >= 4 is 0 Å². The van der Waals surface area contributed by atoms with Crippen molar-refractivity contribution in [2.45, 2.75) is 32.7 Å². The lowest BCUT2D eigenvalue weighted by atomic mass is 9.78. The normalized spacial score (nSPS) is 12.6. The minimum absolute atomic E-state index is 0. The molecule has 0 radical (unpaired) electrons. The van der Waals surface area contributed by atoms with Crippen molar-refractivity contribution in [3.63, 3.8) is 0 Å². The van der Waals surface area contributed by atoms with Crippen LogP contribution in [-0.2, 0) is 5.41 Å². The van der Waals surface area contributed by atoms with Crippen molar-refractivity contribution in [1.29, 1.82) is 0 Å². The average molecular weight is 242 g/mol. The first-order valence-corrected chi connectivity index (χ1v) is 5.84. The molecule has 0 bridgehead atoms. The molecule has 0 saturated carbocycles. The summed E-state index contributed by atoms with van der Waals surface area (Å²) < 4.78 is 0. The minimum Gasteiger partial charge on any atom is -0.323 e. The van der Waals surface area contributed by atoms with Gasteiger partial charge in [0, 0.05) is 23.3 Å². The summed E-state index contributed by atoms with van der Waals surface area (Å²) in [7, 11) is 0. The highest BCUT2D eigenvalue weighted by molar-refractivity contribution is 5.27. The first kappa shape index (κ1) is 14.4. The molecule has 96 valence electrons. The predicted octanol–water partition coefficient (Wildman–Crippen LogP) is 3.70. The van der Waals surface area contributed by atoms with E-state index < -0.39 is 0 Å². The van der Waals surface area contributed by atoms with Gasteiger partial charge in [0.2, 0.25) is 0 Å². The van der Waals surface area contributed by atoms with E-state index in [0.717, 1.165) is 11.3 Å². The number of pyridine rings is 1. The van der Waals surface area contributed by atoms with Crippen LogP contribution in [0, 0.1) is 0 Å². The molecule has 2 heteroatoms. The van der Waals surface area contributed by atoms with Crippen molar-refractivity contribution in [3.05, 3.63) is 66.0 Å². The van der Waals surface area contributed by atoms with Gasteiger partial charge in [0.25, 0.3) is 0 Å². The molecular formula is C16H22N2. The van der Waals surface area contributed by atoms with Crippen molar-refractivity contribution in [2.75, 3.05) is 0 Å². The van der Waals surface area contributed by atoms with Gasteiger partial charge in [0.05, 0.1) is 0 Å². The Morgan fingerprint density at radius 1 is 1.00 bits per heavy atom. The first-order valence-electron chi connectivity index (χ1n) is 5.84. The van der Waals surface area contributed by atoms with E-state index in [4.69, 9.17) is 5.73 Å². The van der Waals surface area contributed by atoms with Gasteiger partial charge in [-0.3, -0.25) is 4.98 Å². The number of hydrogen-bond acceptors (Lipinski definition) is 2. The Balaban J connectivity index is 0.00000162. The number of benzene rings is 1. The van der Waals surface area contributed by atoms with Crippen molar-refractivity contribution in [2.24, 2.45) is 5.73 Å². The molecule has 1 heterocycles. The van der Waals surface area contributed by atoms with Gasteiger partial charge in [0.1, 0.15) is 0 Å². The highest BCUT2D eigenvalue weighted by Crippen LogP contribution is 2.33. The zero-order valence-electron chi connectivity index (χ0n) is 10.3. The Morgan fingerprint density at radius 3 is 2.17 bits per heavy atom. The van der Waals surface area contributed by atoms with E-state index in [1.165, 1.54) is 0 Å². The van der Waals surface area contributed by atoms with Crippen LogP contribution in [0.5, 0.6) is 0 Å². The lowest BCUT2D eigenvalue weighted by molar-refractivity contribution is 0.409.